The van der Waals surface area contributed by atoms with E-state index in [9.17, 15) is 9.59 Å². The van der Waals surface area contributed by atoms with Crippen LogP contribution in [0.5, 0.6) is 0 Å². The van der Waals surface area contributed by atoms with Crippen molar-refractivity contribution in [3.05, 3.63) is 34.6 Å². The van der Waals surface area contributed by atoms with Crippen LogP contribution in [0.25, 0.3) is 6.08 Å². The van der Waals surface area contributed by atoms with Gasteiger partial charge in [-0.25, -0.2) is 9.78 Å². The van der Waals surface area contributed by atoms with Crippen molar-refractivity contribution in [2.24, 2.45) is 10.9 Å². The fourth-order valence-corrected chi connectivity index (χ4v) is 1.72. The summed E-state index contributed by atoms with van der Waals surface area (Å²) in [6.07, 6.45) is 5.64. The lowest BCUT2D eigenvalue weighted by Crippen LogP contribution is -2.12. The summed E-state index contributed by atoms with van der Waals surface area (Å²) in [6, 6.07) is 1.32. The van der Waals surface area contributed by atoms with Crippen LogP contribution in [-0.4, -0.2) is 28.5 Å². The molecule has 8 heteroatoms. The van der Waals surface area contributed by atoms with E-state index < -0.39 is 16.9 Å². The quantitative estimate of drug-likeness (QED) is 0.120. The lowest BCUT2D eigenvalue weighted by atomic mass is 10.1. The van der Waals surface area contributed by atoms with Crippen molar-refractivity contribution in [2.75, 3.05) is 6.61 Å². The van der Waals surface area contributed by atoms with Crippen molar-refractivity contribution in [3.8, 4) is 0 Å². The monoisotopic (exact) mass is 343 g/mol. The van der Waals surface area contributed by atoms with E-state index in [2.05, 4.69) is 10.1 Å². The predicted molar refractivity (Wildman–Crippen MR) is 86.0 cm³/mol. The third-order valence-corrected chi connectivity index (χ3v) is 3.06. The van der Waals surface area contributed by atoms with Gasteiger partial charge in [0.2, 0.25) is 5.78 Å². The Morgan fingerprint density at radius 2 is 2.23 bits per heavy atom. The van der Waals surface area contributed by atoms with Crippen LogP contribution in [0.15, 0.2) is 23.4 Å². The number of ether oxygens (including phenoxy) is 1. The van der Waals surface area contributed by atoms with Crippen LogP contribution in [0.1, 0.15) is 35.7 Å². The fraction of sp³-hybridized carbons (Fsp3) is 0.286. The van der Waals surface area contributed by atoms with Crippen LogP contribution in [0, 0.1) is 0 Å². The Kier molecular flexibility index (Phi) is 7.56. The summed E-state index contributed by atoms with van der Waals surface area (Å²) < 4.78 is 4.97. The number of Topliss-reactive ketones (excluding diaryl/α,β-unsaturated/α-hetero) is 1. The Morgan fingerprint density at radius 1 is 1.50 bits per heavy atom. The molecule has 0 fully saturated rings. The number of pyridine rings is 1. The lowest BCUT2D eigenvalue weighted by molar-refractivity contribution is -0.137. The third-order valence-electron chi connectivity index (χ3n) is 2.59. The molecule has 0 aliphatic heterocycles. The van der Waals surface area contributed by atoms with Gasteiger partial charge in [0.1, 0.15) is 5.15 Å². The number of halogens is 2. The molecule has 1 heterocycles. The second-order valence-corrected chi connectivity index (χ2v) is 4.94. The molecule has 0 saturated heterocycles. The summed E-state index contributed by atoms with van der Waals surface area (Å²) in [7, 11) is 0. The van der Waals surface area contributed by atoms with Crippen molar-refractivity contribution in [1.29, 1.82) is 0 Å². The average Bonchev–Trinajstić information content (AvgIpc) is 2.52. The molecule has 6 nitrogen and oxygen atoms in total. The van der Waals surface area contributed by atoms with Gasteiger partial charge in [0, 0.05) is 23.4 Å². The van der Waals surface area contributed by atoms with Gasteiger partial charge in [-0.2, -0.15) is 5.10 Å². The summed E-state index contributed by atoms with van der Waals surface area (Å²) in [4.78, 5) is 27.4. The lowest BCUT2D eigenvalue weighted by Gasteiger charge is -2.04. The zero-order valence-electron chi connectivity index (χ0n) is 11.9. The highest BCUT2D eigenvalue weighted by Crippen LogP contribution is 2.17. The number of hydrogen-bond donors (Lipinski definition) is 1. The molecule has 0 radical (unpaired) electrons. The van der Waals surface area contributed by atoms with E-state index in [4.69, 9.17) is 33.8 Å². The molecule has 0 unspecified atom stereocenters. The van der Waals surface area contributed by atoms with Crippen molar-refractivity contribution in [1.82, 2.24) is 4.98 Å². The number of hydrazone groups is 1. The first kappa shape index (κ1) is 18.1. The molecular formula is C14H15Cl2N3O3. The van der Waals surface area contributed by atoms with Gasteiger partial charge in [-0.3, -0.25) is 4.79 Å². The van der Waals surface area contributed by atoms with Gasteiger partial charge >= 0.3 is 5.97 Å². The molecule has 118 valence electrons. The Balaban J connectivity index is 2.95. The highest BCUT2D eigenvalue weighted by molar-refractivity contribution is 6.85. The van der Waals surface area contributed by atoms with E-state index in [0.717, 1.165) is 12.8 Å². The van der Waals surface area contributed by atoms with Gasteiger partial charge in [0.15, 0.2) is 5.17 Å². The SMILES string of the molecule is CCCCOC(=O)C=Cc1cnc(Cl)cc1C(=O)C(Cl)=NN. The topological polar surface area (TPSA) is 94.6 Å². The summed E-state index contributed by atoms with van der Waals surface area (Å²) >= 11 is 11.4. The summed E-state index contributed by atoms with van der Waals surface area (Å²) in [5.74, 6) is 3.85. The number of ketones is 1. The largest absolute Gasteiger partial charge is 0.463 e. The van der Waals surface area contributed by atoms with E-state index >= 15 is 0 Å². The van der Waals surface area contributed by atoms with E-state index in [1.807, 2.05) is 6.92 Å². The van der Waals surface area contributed by atoms with Crippen molar-refractivity contribution in [3.63, 3.8) is 0 Å². The van der Waals surface area contributed by atoms with Gasteiger partial charge < -0.3 is 10.6 Å². The Hall–Kier alpha value is -1.92. The first-order valence-corrected chi connectivity index (χ1v) is 7.23. The number of unbranched alkanes of at least 4 members (excludes halogenated alkanes) is 1. The van der Waals surface area contributed by atoms with Gasteiger partial charge in [-0.05, 0) is 18.6 Å². The highest BCUT2D eigenvalue weighted by atomic mass is 35.5. The Bertz CT molecular complexity index is 615. The van der Waals surface area contributed by atoms with Crippen molar-refractivity contribution in [2.45, 2.75) is 19.8 Å². The average molecular weight is 344 g/mol. The van der Waals surface area contributed by atoms with Crippen LogP contribution in [0.2, 0.25) is 5.15 Å². The summed E-state index contributed by atoms with van der Waals surface area (Å²) in [6.45, 7) is 2.33. The van der Waals surface area contributed by atoms with Crippen molar-refractivity contribution < 1.29 is 14.3 Å². The fourth-order valence-electron chi connectivity index (χ4n) is 1.46. The van der Waals surface area contributed by atoms with Gasteiger partial charge in [-0.1, -0.05) is 36.5 Å². The molecular weight excluding hydrogens is 329 g/mol. The molecule has 1 aromatic rings. The molecule has 1 rings (SSSR count). The molecule has 22 heavy (non-hydrogen) atoms. The first-order valence-electron chi connectivity index (χ1n) is 6.48. The molecule has 0 aliphatic rings. The van der Waals surface area contributed by atoms with Crippen molar-refractivity contribution >= 4 is 46.2 Å². The maximum Gasteiger partial charge on any atom is 0.330 e. The van der Waals surface area contributed by atoms with Crippen LogP contribution >= 0.6 is 23.2 Å². The minimum atomic E-state index is -0.618. The number of aromatic nitrogens is 1. The number of carbonyl (C=O) groups excluding carboxylic acids is 2. The van der Waals surface area contributed by atoms with Gasteiger partial charge in [0.05, 0.1) is 6.61 Å². The van der Waals surface area contributed by atoms with E-state index in [1.165, 1.54) is 24.4 Å². The Labute approximate surface area is 137 Å². The summed E-state index contributed by atoms with van der Waals surface area (Å²) in [5, 5.41) is 2.84. The molecule has 0 aliphatic carbocycles. The maximum atomic E-state index is 12.0. The van der Waals surface area contributed by atoms with Crippen LogP contribution < -0.4 is 5.84 Å². The predicted octanol–water partition coefficient (Wildman–Crippen LogP) is 2.79. The van der Waals surface area contributed by atoms with Gasteiger partial charge in [0.25, 0.3) is 0 Å². The number of carbonyl (C=O) groups is 2. The molecule has 0 atom stereocenters. The van der Waals surface area contributed by atoms with E-state index in [0.29, 0.717) is 12.2 Å². The highest BCUT2D eigenvalue weighted by Gasteiger charge is 2.16. The molecule has 0 bridgehead atoms. The zero-order chi connectivity index (χ0) is 16.5. The number of rotatable bonds is 7. The standard InChI is InChI=1S/C14H15Cl2N3O3/c1-2-3-6-22-12(20)5-4-9-8-18-11(15)7-10(9)13(21)14(16)19-17/h4-5,7-8H,2-3,6,17H2,1H3. The first-order chi connectivity index (χ1) is 10.5. The molecule has 0 aromatic carbocycles. The second-order valence-electron chi connectivity index (χ2n) is 4.20. The minimum Gasteiger partial charge on any atom is -0.463 e. The maximum absolute atomic E-state index is 12.0. The molecule has 0 saturated carbocycles. The summed E-state index contributed by atoms with van der Waals surface area (Å²) in [5.41, 5.74) is 0.487. The number of nitrogens with zero attached hydrogens (tertiary/aromatic N) is 2. The number of hydrogen-bond acceptors (Lipinski definition) is 6. The minimum absolute atomic E-state index is 0.104. The van der Waals surface area contributed by atoms with E-state index in [1.54, 1.807) is 0 Å². The molecule has 0 amide bonds. The Morgan fingerprint density at radius 3 is 2.86 bits per heavy atom. The van der Waals surface area contributed by atoms with Crippen LogP contribution in [0.4, 0.5) is 0 Å². The molecule has 2 N–H and O–H groups in total. The third kappa shape index (κ3) is 5.46. The second kappa shape index (κ2) is 9.17. The molecule has 1 aromatic heterocycles. The number of nitrogens with two attached hydrogens (primary N) is 1. The zero-order valence-corrected chi connectivity index (χ0v) is 13.4. The van der Waals surface area contributed by atoms with E-state index in [-0.39, 0.29) is 10.7 Å². The normalized spacial score (nSPS) is 11.7. The van der Waals surface area contributed by atoms with Crippen LogP contribution in [-0.2, 0) is 9.53 Å². The smallest absolute Gasteiger partial charge is 0.330 e. The number of esters is 1. The van der Waals surface area contributed by atoms with Crippen LogP contribution in [0.3, 0.4) is 0 Å². The molecule has 0 spiro atoms. The van der Waals surface area contributed by atoms with Gasteiger partial charge in [-0.15, -0.1) is 0 Å².